The van der Waals surface area contributed by atoms with Crippen molar-refractivity contribution in [3.05, 3.63) is 0 Å². The molecule has 3 heteroatoms. The van der Waals surface area contributed by atoms with Crippen molar-refractivity contribution < 1.29 is 10.2 Å². The third-order valence-electron chi connectivity index (χ3n) is 6.52. The van der Waals surface area contributed by atoms with Crippen LogP contribution in [0.15, 0.2) is 0 Å². The van der Waals surface area contributed by atoms with Crippen LogP contribution in [0, 0.1) is 0 Å². The van der Waals surface area contributed by atoms with Crippen molar-refractivity contribution in [2.75, 3.05) is 26.3 Å². The van der Waals surface area contributed by atoms with Gasteiger partial charge in [0.1, 0.15) is 0 Å². The van der Waals surface area contributed by atoms with Crippen molar-refractivity contribution in [1.82, 2.24) is 5.32 Å². The fourth-order valence-electron chi connectivity index (χ4n) is 4.38. The van der Waals surface area contributed by atoms with Crippen LogP contribution in [0.2, 0.25) is 0 Å². The van der Waals surface area contributed by atoms with E-state index in [0.29, 0.717) is 13.2 Å². The number of aliphatic hydroxyl groups is 2. The third-order valence-corrected chi connectivity index (χ3v) is 6.52. The van der Waals surface area contributed by atoms with E-state index in [-0.39, 0.29) is 0 Å². The van der Waals surface area contributed by atoms with E-state index in [9.17, 15) is 0 Å². The molecule has 188 valence electrons. The maximum Gasteiger partial charge on any atom is 0.0431 e. The summed E-state index contributed by atoms with van der Waals surface area (Å²) in [6.45, 7) is 3.05. The minimum atomic E-state index is 0.350. The molecular formula is C28H59NO2. The topological polar surface area (TPSA) is 52.5 Å². The Labute approximate surface area is 196 Å². The molecule has 0 radical (unpaired) electrons. The number of hydrogen-bond donors (Lipinski definition) is 3. The molecule has 3 nitrogen and oxygen atoms in total. The Bertz CT molecular complexity index is 271. The van der Waals surface area contributed by atoms with Crippen LogP contribution in [0.4, 0.5) is 0 Å². The van der Waals surface area contributed by atoms with Crippen LogP contribution >= 0.6 is 0 Å². The van der Waals surface area contributed by atoms with Crippen LogP contribution in [0.1, 0.15) is 154 Å². The molecule has 0 aliphatic rings. The van der Waals surface area contributed by atoms with Crippen molar-refractivity contribution in [2.24, 2.45) is 0 Å². The smallest absolute Gasteiger partial charge is 0.0431 e. The van der Waals surface area contributed by atoms with Crippen LogP contribution in [0.3, 0.4) is 0 Å². The monoisotopic (exact) mass is 441 g/mol. The van der Waals surface area contributed by atoms with Crippen molar-refractivity contribution in [3.8, 4) is 0 Å². The Kier molecular flexibility index (Phi) is 29.8. The molecule has 0 aliphatic carbocycles. The van der Waals surface area contributed by atoms with E-state index < -0.39 is 0 Å². The first-order valence-corrected chi connectivity index (χ1v) is 14.3. The lowest BCUT2D eigenvalue weighted by Gasteiger charge is -2.05. The van der Waals surface area contributed by atoms with E-state index in [1.807, 2.05) is 0 Å². The fourth-order valence-corrected chi connectivity index (χ4v) is 4.38. The Hall–Kier alpha value is -0.120. The van der Waals surface area contributed by atoms with Gasteiger partial charge in [-0.1, -0.05) is 128 Å². The Morgan fingerprint density at radius 1 is 0.258 bits per heavy atom. The Morgan fingerprint density at radius 3 is 0.677 bits per heavy atom. The van der Waals surface area contributed by atoms with E-state index >= 15 is 0 Å². The van der Waals surface area contributed by atoms with Gasteiger partial charge in [0.25, 0.3) is 0 Å². The fraction of sp³-hybridized carbons (Fsp3) is 1.00. The summed E-state index contributed by atoms with van der Waals surface area (Å²) < 4.78 is 0. The molecule has 0 atom stereocenters. The molecule has 0 saturated heterocycles. The summed E-state index contributed by atoms with van der Waals surface area (Å²) in [7, 11) is 0. The van der Waals surface area contributed by atoms with E-state index in [0.717, 1.165) is 19.4 Å². The first-order valence-electron chi connectivity index (χ1n) is 14.3. The summed E-state index contributed by atoms with van der Waals surface area (Å²) in [6.07, 6.45) is 32.4. The highest BCUT2D eigenvalue weighted by molar-refractivity contribution is 4.53. The van der Waals surface area contributed by atoms with Gasteiger partial charge in [-0.15, -0.1) is 0 Å². The van der Waals surface area contributed by atoms with Gasteiger partial charge >= 0.3 is 0 Å². The number of rotatable bonds is 28. The van der Waals surface area contributed by atoms with E-state index in [1.165, 1.54) is 148 Å². The minimum absolute atomic E-state index is 0.350. The lowest BCUT2D eigenvalue weighted by atomic mass is 10.0. The zero-order chi connectivity index (χ0) is 22.5. The summed E-state index contributed by atoms with van der Waals surface area (Å²) in [6, 6.07) is 0. The van der Waals surface area contributed by atoms with Gasteiger partial charge in [-0.2, -0.15) is 0 Å². The van der Waals surface area contributed by atoms with E-state index in [4.69, 9.17) is 10.2 Å². The molecule has 0 aromatic rings. The highest BCUT2D eigenvalue weighted by Crippen LogP contribution is 2.14. The van der Waals surface area contributed by atoms with Gasteiger partial charge < -0.3 is 15.5 Å². The normalized spacial score (nSPS) is 11.4. The largest absolute Gasteiger partial charge is 0.396 e. The number of aliphatic hydroxyl groups excluding tert-OH is 2. The summed E-state index contributed by atoms with van der Waals surface area (Å²) >= 11 is 0. The first-order chi connectivity index (χ1) is 15.4. The number of hydrogen-bond acceptors (Lipinski definition) is 3. The van der Waals surface area contributed by atoms with Crippen LogP contribution in [-0.4, -0.2) is 36.5 Å². The third kappa shape index (κ3) is 29.9. The minimum Gasteiger partial charge on any atom is -0.396 e. The predicted molar refractivity (Wildman–Crippen MR) is 138 cm³/mol. The zero-order valence-corrected chi connectivity index (χ0v) is 21.2. The molecule has 0 amide bonds. The van der Waals surface area contributed by atoms with Gasteiger partial charge in [0.05, 0.1) is 0 Å². The van der Waals surface area contributed by atoms with Crippen LogP contribution in [-0.2, 0) is 0 Å². The Morgan fingerprint density at radius 2 is 0.452 bits per heavy atom. The quantitative estimate of drug-likeness (QED) is 0.108. The number of unbranched alkanes of at least 4 members (excludes halogenated alkanes) is 22. The van der Waals surface area contributed by atoms with Gasteiger partial charge in [-0.3, -0.25) is 0 Å². The molecule has 0 bridgehead atoms. The van der Waals surface area contributed by atoms with Crippen LogP contribution in [0.5, 0.6) is 0 Å². The second-order valence-corrected chi connectivity index (χ2v) is 9.68. The summed E-state index contributed by atoms with van der Waals surface area (Å²) in [5.74, 6) is 0. The molecule has 0 aromatic heterocycles. The number of nitrogens with one attached hydrogen (secondary N) is 1. The second kappa shape index (κ2) is 29.9. The van der Waals surface area contributed by atoms with Crippen molar-refractivity contribution in [2.45, 2.75) is 154 Å². The zero-order valence-electron chi connectivity index (χ0n) is 21.2. The molecule has 0 saturated carbocycles. The van der Waals surface area contributed by atoms with Crippen LogP contribution in [0.25, 0.3) is 0 Å². The van der Waals surface area contributed by atoms with Gasteiger partial charge in [0.2, 0.25) is 0 Å². The highest BCUT2D eigenvalue weighted by atomic mass is 16.3. The molecule has 0 unspecified atom stereocenters. The molecule has 0 fully saturated rings. The van der Waals surface area contributed by atoms with E-state index in [1.54, 1.807) is 0 Å². The molecule has 0 spiro atoms. The molecule has 3 N–H and O–H groups in total. The molecule has 31 heavy (non-hydrogen) atoms. The lowest BCUT2D eigenvalue weighted by Crippen LogP contribution is -2.16. The van der Waals surface area contributed by atoms with Gasteiger partial charge in [-0.05, 0) is 38.8 Å². The van der Waals surface area contributed by atoms with Crippen LogP contribution < -0.4 is 5.32 Å². The predicted octanol–water partition coefficient (Wildman–Crippen LogP) is 7.92. The summed E-state index contributed by atoms with van der Waals surface area (Å²) in [5.41, 5.74) is 0. The molecule has 0 aromatic carbocycles. The molecule has 0 heterocycles. The maximum atomic E-state index is 8.75. The second-order valence-electron chi connectivity index (χ2n) is 9.68. The maximum absolute atomic E-state index is 8.75. The van der Waals surface area contributed by atoms with Crippen molar-refractivity contribution in [3.63, 3.8) is 0 Å². The first kappa shape index (κ1) is 30.9. The Balaban J connectivity index is 2.98. The summed E-state index contributed by atoms with van der Waals surface area (Å²) in [4.78, 5) is 0. The lowest BCUT2D eigenvalue weighted by molar-refractivity contribution is 0.282. The molecular weight excluding hydrogens is 382 g/mol. The SMILES string of the molecule is OCCCCCCCCCCCCCCCCCCCCCCNCCCCCCO. The van der Waals surface area contributed by atoms with Gasteiger partial charge in [-0.25, -0.2) is 0 Å². The molecule has 0 aliphatic heterocycles. The summed E-state index contributed by atoms with van der Waals surface area (Å²) in [5, 5.41) is 21.0. The average molecular weight is 442 g/mol. The van der Waals surface area contributed by atoms with Crippen molar-refractivity contribution in [1.29, 1.82) is 0 Å². The van der Waals surface area contributed by atoms with E-state index in [2.05, 4.69) is 5.32 Å². The van der Waals surface area contributed by atoms with Crippen molar-refractivity contribution >= 4 is 0 Å². The van der Waals surface area contributed by atoms with Gasteiger partial charge in [0, 0.05) is 13.2 Å². The standard InChI is InChI=1S/C28H59NO2/c30-27-23-19-16-14-12-10-8-6-4-2-1-3-5-7-9-11-13-15-17-21-25-29-26-22-18-20-24-28-31/h29-31H,1-28H2. The highest BCUT2D eigenvalue weighted by Gasteiger charge is 1.96. The molecule has 0 rings (SSSR count). The van der Waals surface area contributed by atoms with Gasteiger partial charge in [0.15, 0.2) is 0 Å². The average Bonchev–Trinajstić information content (AvgIpc) is 2.78.